The van der Waals surface area contributed by atoms with Crippen molar-refractivity contribution < 1.29 is 23.9 Å². The lowest BCUT2D eigenvalue weighted by molar-refractivity contribution is -0.147. The molecular weight excluding hydrogens is 451 g/mol. The van der Waals surface area contributed by atoms with E-state index in [9.17, 15) is 23.9 Å². The highest BCUT2D eigenvalue weighted by atomic mass is 19.1. The van der Waals surface area contributed by atoms with Crippen molar-refractivity contribution in [3.05, 3.63) is 65.0 Å². The lowest BCUT2D eigenvalue weighted by atomic mass is 9.89. The van der Waals surface area contributed by atoms with Gasteiger partial charge in [-0.15, -0.1) is 0 Å². The number of halogens is 1. The first kappa shape index (κ1) is 24.7. The van der Waals surface area contributed by atoms with Crippen LogP contribution in [0.1, 0.15) is 49.3 Å². The largest absolute Gasteiger partial charge is 0.389 e. The summed E-state index contributed by atoms with van der Waals surface area (Å²) >= 11 is 0. The number of aliphatic hydroxyl groups is 1. The van der Waals surface area contributed by atoms with E-state index in [-0.39, 0.29) is 24.3 Å². The van der Waals surface area contributed by atoms with Crippen LogP contribution < -0.4 is 10.6 Å². The van der Waals surface area contributed by atoms with Crippen LogP contribution in [0.4, 0.5) is 14.9 Å². The quantitative estimate of drug-likeness (QED) is 0.583. The zero-order valence-corrected chi connectivity index (χ0v) is 20.0. The van der Waals surface area contributed by atoms with E-state index in [1.807, 2.05) is 24.3 Å². The van der Waals surface area contributed by atoms with Crippen LogP contribution in [-0.4, -0.2) is 58.0 Å². The molecule has 0 bridgehead atoms. The Labute approximate surface area is 204 Å². The van der Waals surface area contributed by atoms with Gasteiger partial charge >= 0.3 is 17.8 Å². The third-order valence-corrected chi connectivity index (χ3v) is 6.47. The van der Waals surface area contributed by atoms with Crippen molar-refractivity contribution in [2.75, 3.05) is 25.0 Å². The van der Waals surface area contributed by atoms with Gasteiger partial charge < -0.3 is 25.5 Å². The van der Waals surface area contributed by atoms with Crippen LogP contribution >= 0.6 is 0 Å². The zero-order chi connectivity index (χ0) is 25.2. The number of carbonyl (C=O) groups is 3. The summed E-state index contributed by atoms with van der Waals surface area (Å²) in [5.74, 6) is -1.31. The fourth-order valence-corrected chi connectivity index (χ4v) is 4.48. The number of piperidine rings is 1. The minimum atomic E-state index is -1.08. The van der Waals surface area contributed by atoms with E-state index in [2.05, 4.69) is 10.6 Å². The minimum absolute atomic E-state index is 0.0141. The van der Waals surface area contributed by atoms with Gasteiger partial charge in [0.15, 0.2) is 0 Å². The lowest BCUT2D eigenvalue weighted by Gasteiger charge is -2.32. The molecule has 0 saturated carbocycles. The topological polar surface area (TPSA) is 102 Å². The van der Waals surface area contributed by atoms with Gasteiger partial charge in [0, 0.05) is 38.4 Å². The molecule has 8 nitrogen and oxygen atoms in total. The van der Waals surface area contributed by atoms with Crippen LogP contribution in [0.2, 0.25) is 0 Å². The molecular formula is C26H31FN4O4. The fraction of sp³-hybridized carbons (Fsp3) is 0.423. The van der Waals surface area contributed by atoms with Crippen molar-refractivity contribution in [3.63, 3.8) is 0 Å². The Morgan fingerprint density at radius 1 is 1.00 bits per heavy atom. The maximum absolute atomic E-state index is 13.4. The van der Waals surface area contributed by atoms with Crippen molar-refractivity contribution in [1.29, 1.82) is 0 Å². The molecule has 2 aromatic rings. The van der Waals surface area contributed by atoms with E-state index in [0.717, 1.165) is 29.5 Å². The van der Waals surface area contributed by atoms with Gasteiger partial charge in [-0.2, -0.15) is 0 Å². The number of likely N-dealkylation sites (tertiary alicyclic amines) is 1. The summed E-state index contributed by atoms with van der Waals surface area (Å²) in [6.45, 7) is 4.93. The predicted octanol–water partition coefficient (Wildman–Crippen LogP) is 2.97. The average Bonchev–Trinajstić information content (AvgIpc) is 3.26. The Balaban J connectivity index is 1.26. The van der Waals surface area contributed by atoms with E-state index in [4.69, 9.17) is 0 Å². The number of nitrogens with one attached hydrogen (secondary N) is 2. The molecule has 0 aliphatic carbocycles. The summed E-state index contributed by atoms with van der Waals surface area (Å²) in [5, 5.41) is 15.1. The van der Waals surface area contributed by atoms with Gasteiger partial charge in [-0.1, -0.05) is 18.2 Å². The predicted molar refractivity (Wildman–Crippen MR) is 129 cm³/mol. The van der Waals surface area contributed by atoms with Crippen LogP contribution in [0.25, 0.3) is 0 Å². The first-order valence-electron chi connectivity index (χ1n) is 11.8. The highest BCUT2D eigenvalue weighted by Crippen LogP contribution is 2.29. The number of nitrogens with zero attached hydrogens (tertiary/aromatic N) is 2. The third kappa shape index (κ3) is 6.16. The second-order valence-corrected chi connectivity index (χ2v) is 9.88. The van der Waals surface area contributed by atoms with E-state index in [1.165, 1.54) is 12.1 Å². The van der Waals surface area contributed by atoms with E-state index >= 15 is 0 Å². The maximum atomic E-state index is 13.4. The van der Waals surface area contributed by atoms with Crippen molar-refractivity contribution in [1.82, 2.24) is 15.1 Å². The van der Waals surface area contributed by atoms with Gasteiger partial charge in [0.05, 0.1) is 5.60 Å². The minimum Gasteiger partial charge on any atom is -0.389 e. The fourth-order valence-electron chi connectivity index (χ4n) is 4.48. The Kier molecular flexibility index (Phi) is 7.07. The van der Waals surface area contributed by atoms with Crippen LogP contribution in [0.15, 0.2) is 42.5 Å². The number of hydrogen-bond acceptors (Lipinski definition) is 4. The molecule has 1 fully saturated rings. The Morgan fingerprint density at radius 3 is 2.31 bits per heavy atom. The van der Waals surface area contributed by atoms with Crippen LogP contribution in [-0.2, 0) is 22.7 Å². The van der Waals surface area contributed by atoms with Crippen LogP contribution in [0.5, 0.6) is 0 Å². The number of rotatable bonds is 4. The standard InChI is InChI=1S/C26H31FN4O4/c1-26(2,35)16-28-23(32)24(33)30-11-9-18(10-12-30)17-4-7-22(8-5-17)29-25(34)31-14-19-3-6-21(27)13-20(19)15-31/h3-8,13,18,35H,9-12,14-16H2,1-2H3,(H,28,32)(H,29,34). The number of urea groups is 1. The molecule has 2 heterocycles. The molecule has 9 heteroatoms. The van der Waals surface area contributed by atoms with E-state index in [0.29, 0.717) is 31.9 Å². The molecule has 0 spiro atoms. The second kappa shape index (κ2) is 10.0. The number of hydrogen-bond donors (Lipinski definition) is 3. The number of fused-ring (bicyclic) bond motifs is 1. The SMILES string of the molecule is CC(C)(O)CNC(=O)C(=O)N1CCC(c2ccc(NC(=O)N3Cc4ccc(F)cc4C3)cc2)CC1. The van der Waals surface area contributed by atoms with E-state index < -0.39 is 17.4 Å². The average molecular weight is 483 g/mol. The molecule has 35 heavy (non-hydrogen) atoms. The molecule has 0 aromatic heterocycles. The molecule has 3 N–H and O–H groups in total. The molecule has 4 rings (SSSR count). The van der Waals surface area contributed by atoms with Gasteiger partial charge in [0.2, 0.25) is 0 Å². The highest BCUT2D eigenvalue weighted by Gasteiger charge is 2.29. The number of carbonyl (C=O) groups excluding carboxylic acids is 3. The second-order valence-electron chi connectivity index (χ2n) is 9.88. The van der Waals surface area contributed by atoms with Gasteiger partial charge in [0.25, 0.3) is 0 Å². The molecule has 1 saturated heterocycles. The number of amides is 4. The molecule has 0 atom stereocenters. The summed E-state index contributed by atoms with van der Waals surface area (Å²) in [6, 6.07) is 12.0. The molecule has 4 amide bonds. The summed E-state index contributed by atoms with van der Waals surface area (Å²) in [7, 11) is 0. The molecule has 2 aliphatic rings. The van der Waals surface area contributed by atoms with Gasteiger partial charge in [-0.3, -0.25) is 9.59 Å². The van der Waals surface area contributed by atoms with Crippen molar-refractivity contribution in [2.45, 2.75) is 51.3 Å². The van der Waals surface area contributed by atoms with E-state index in [1.54, 1.807) is 29.7 Å². The molecule has 2 aromatic carbocycles. The first-order valence-corrected chi connectivity index (χ1v) is 11.8. The summed E-state index contributed by atoms with van der Waals surface area (Å²) < 4.78 is 13.4. The summed E-state index contributed by atoms with van der Waals surface area (Å²) in [5.41, 5.74) is 2.50. The van der Waals surface area contributed by atoms with Gasteiger partial charge in [0.1, 0.15) is 5.82 Å². The Hall–Kier alpha value is -3.46. The van der Waals surface area contributed by atoms with Crippen molar-refractivity contribution >= 4 is 23.5 Å². The third-order valence-electron chi connectivity index (χ3n) is 6.47. The monoisotopic (exact) mass is 482 g/mol. The maximum Gasteiger partial charge on any atom is 0.322 e. The zero-order valence-electron chi connectivity index (χ0n) is 20.0. The summed E-state index contributed by atoms with van der Waals surface area (Å²) in [4.78, 5) is 40.3. The molecule has 0 unspecified atom stereocenters. The number of anilines is 1. The smallest absolute Gasteiger partial charge is 0.322 e. The highest BCUT2D eigenvalue weighted by molar-refractivity contribution is 6.35. The Morgan fingerprint density at radius 2 is 1.66 bits per heavy atom. The Bertz CT molecular complexity index is 1110. The molecule has 2 aliphatic heterocycles. The lowest BCUT2D eigenvalue weighted by Crippen LogP contribution is -2.48. The van der Waals surface area contributed by atoms with Crippen LogP contribution in [0.3, 0.4) is 0 Å². The van der Waals surface area contributed by atoms with Crippen molar-refractivity contribution in [3.8, 4) is 0 Å². The first-order chi connectivity index (χ1) is 16.6. The van der Waals surface area contributed by atoms with Gasteiger partial charge in [-0.05, 0) is 73.6 Å². The molecule has 186 valence electrons. The number of benzene rings is 2. The summed E-state index contributed by atoms with van der Waals surface area (Å²) in [6.07, 6.45) is 1.47. The van der Waals surface area contributed by atoms with Crippen molar-refractivity contribution in [2.24, 2.45) is 0 Å². The van der Waals surface area contributed by atoms with Gasteiger partial charge in [-0.25, -0.2) is 9.18 Å². The molecule has 0 radical (unpaired) electrons. The normalized spacial score (nSPS) is 16.1. The van der Waals surface area contributed by atoms with Crippen LogP contribution in [0, 0.1) is 5.82 Å².